The molecule has 5 nitrogen and oxygen atoms in total. The van der Waals surface area contributed by atoms with Crippen LogP contribution in [0.1, 0.15) is 6.42 Å². The van der Waals surface area contributed by atoms with Crippen molar-refractivity contribution < 1.29 is 22.7 Å². The quantitative estimate of drug-likeness (QED) is 0.861. The first-order chi connectivity index (χ1) is 10.8. The Morgan fingerprint density at radius 1 is 1.09 bits per heavy atom. The molecule has 0 saturated heterocycles. The molecule has 2 rings (SSSR count). The van der Waals surface area contributed by atoms with E-state index in [1.807, 2.05) is 0 Å². The van der Waals surface area contributed by atoms with Crippen LogP contribution in [0.4, 0.5) is 10.1 Å². The van der Waals surface area contributed by atoms with Gasteiger partial charge in [0, 0.05) is 11.6 Å². The number of carboxylic acids is 1. The molecule has 0 amide bonds. The highest BCUT2D eigenvalue weighted by atomic mass is 35.5. The van der Waals surface area contributed by atoms with Crippen molar-refractivity contribution in [1.29, 1.82) is 0 Å². The molecule has 0 unspecified atom stereocenters. The van der Waals surface area contributed by atoms with Gasteiger partial charge in [0.2, 0.25) is 0 Å². The number of carbonyl (C=O) groups is 1. The number of nitrogens with zero attached hydrogens (tertiary/aromatic N) is 1. The highest BCUT2D eigenvalue weighted by Gasteiger charge is 2.25. The number of sulfonamides is 1. The minimum Gasteiger partial charge on any atom is -0.481 e. The molecule has 0 spiro atoms. The predicted molar refractivity (Wildman–Crippen MR) is 84.6 cm³/mol. The van der Waals surface area contributed by atoms with Crippen molar-refractivity contribution >= 4 is 33.3 Å². The summed E-state index contributed by atoms with van der Waals surface area (Å²) in [5.41, 5.74) is 0.183. The lowest BCUT2D eigenvalue weighted by Crippen LogP contribution is -2.33. The number of aliphatic carboxylic acids is 1. The van der Waals surface area contributed by atoms with Gasteiger partial charge in [0.1, 0.15) is 5.82 Å². The molecule has 0 fully saturated rings. The van der Waals surface area contributed by atoms with E-state index in [4.69, 9.17) is 16.7 Å². The van der Waals surface area contributed by atoms with Crippen LogP contribution in [0.15, 0.2) is 53.4 Å². The first-order valence-corrected chi connectivity index (χ1v) is 8.38. The maximum absolute atomic E-state index is 13.1. The molecule has 23 heavy (non-hydrogen) atoms. The molecule has 0 aromatic heterocycles. The van der Waals surface area contributed by atoms with E-state index < -0.39 is 21.8 Å². The fraction of sp³-hybridized carbons (Fsp3) is 0.133. The zero-order valence-corrected chi connectivity index (χ0v) is 13.4. The molecule has 0 saturated carbocycles. The topological polar surface area (TPSA) is 74.7 Å². The van der Waals surface area contributed by atoms with E-state index >= 15 is 0 Å². The van der Waals surface area contributed by atoms with Crippen molar-refractivity contribution in [3.63, 3.8) is 0 Å². The largest absolute Gasteiger partial charge is 0.481 e. The van der Waals surface area contributed by atoms with Gasteiger partial charge >= 0.3 is 5.97 Å². The highest BCUT2D eigenvalue weighted by Crippen LogP contribution is 2.25. The first-order valence-electron chi connectivity index (χ1n) is 6.56. The maximum Gasteiger partial charge on any atom is 0.305 e. The van der Waals surface area contributed by atoms with Crippen molar-refractivity contribution in [3.05, 3.63) is 59.4 Å². The van der Waals surface area contributed by atoms with Crippen LogP contribution in [-0.4, -0.2) is 26.0 Å². The Kier molecular flexibility index (Phi) is 5.23. The van der Waals surface area contributed by atoms with Crippen LogP contribution >= 0.6 is 11.6 Å². The summed E-state index contributed by atoms with van der Waals surface area (Å²) in [6.45, 7) is -0.272. The third-order valence-corrected chi connectivity index (χ3v) is 5.14. The van der Waals surface area contributed by atoms with E-state index in [9.17, 15) is 17.6 Å². The van der Waals surface area contributed by atoms with Gasteiger partial charge in [-0.15, -0.1) is 0 Å². The number of anilines is 1. The Morgan fingerprint density at radius 3 is 2.17 bits per heavy atom. The van der Waals surface area contributed by atoms with Crippen molar-refractivity contribution in [2.24, 2.45) is 0 Å². The summed E-state index contributed by atoms with van der Waals surface area (Å²) >= 11 is 5.75. The Balaban J connectivity index is 2.44. The fourth-order valence-corrected chi connectivity index (χ4v) is 3.52. The van der Waals surface area contributed by atoms with Gasteiger partial charge in [-0.1, -0.05) is 11.6 Å². The van der Waals surface area contributed by atoms with Crippen LogP contribution in [0, 0.1) is 5.82 Å². The molecule has 0 heterocycles. The third-order valence-electron chi connectivity index (χ3n) is 3.05. The summed E-state index contributed by atoms with van der Waals surface area (Å²) in [6.07, 6.45) is -0.385. The zero-order valence-electron chi connectivity index (χ0n) is 11.8. The Morgan fingerprint density at radius 2 is 1.65 bits per heavy atom. The Labute approximate surface area is 138 Å². The van der Waals surface area contributed by atoms with Gasteiger partial charge in [0.15, 0.2) is 0 Å². The highest BCUT2D eigenvalue weighted by molar-refractivity contribution is 7.92. The summed E-state index contributed by atoms with van der Waals surface area (Å²) in [4.78, 5) is 10.8. The van der Waals surface area contributed by atoms with E-state index in [-0.39, 0.29) is 23.5 Å². The van der Waals surface area contributed by atoms with Crippen molar-refractivity contribution in [1.82, 2.24) is 0 Å². The fourth-order valence-electron chi connectivity index (χ4n) is 1.93. The van der Waals surface area contributed by atoms with Gasteiger partial charge in [-0.25, -0.2) is 12.8 Å². The summed E-state index contributed by atoms with van der Waals surface area (Å²) in [7, 11) is -3.99. The number of halogens is 2. The molecule has 2 aromatic carbocycles. The average Bonchev–Trinajstić information content (AvgIpc) is 2.49. The molecule has 0 atom stereocenters. The summed E-state index contributed by atoms with van der Waals surface area (Å²) in [5.74, 6) is -1.65. The zero-order chi connectivity index (χ0) is 17.0. The van der Waals surface area contributed by atoms with Gasteiger partial charge in [0.25, 0.3) is 10.0 Å². The van der Waals surface area contributed by atoms with Crippen molar-refractivity contribution in [2.45, 2.75) is 11.3 Å². The normalized spacial score (nSPS) is 11.2. The summed E-state index contributed by atoms with van der Waals surface area (Å²) < 4.78 is 39.5. The van der Waals surface area contributed by atoms with E-state index in [1.165, 1.54) is 36.4 Å². The van der Waals surface area contributed by atoms with Crippen LogP contribution in [0.5, 0.6) is 0 Å². The average molecular weight is 358 g/mol. The lowest BCUT2D eigenvalue weighted by atomic mass is 10.3. The van der Waals surface area contributed by atoms with Gasteiger partial charge in [-0.3, -0.25) is 9.10 Å². The van der Waals surface area contributed by atoms with E-state index in [2.05, 4.69) is 0 Å². The van der Waals surface area contributed by atoms with Gasteiger partial charge in [0.05, 0.1) is 17.0 Å². The molecule has 0 bridgehead atoms. The van der Waals surface area contributed by atoms with E-state index in [0.717, 1.165) is 16.4 Å². The predicted octanol–water partition coefficient (Wildman–Crippen LogP) is 3.15. The molecule has 2 aromatic rings. The number of rotatable bonds is 6. The second kappa shape index (κ2) is 6.97. The second-order valence-corrected chi connectivity index (χ2v) is 6.95. The molecule has 8 heteroatoms. The Hall–Kier alpha value is -2.12. The van der Waals surface area contributed by atoms with Crippen LogP contribution in [-0.2, 0) is 14.8 Å². The number of benzene rings is 2. The first kappa shape index (κ1) is 17.2. The minimum absolute atomic E-state index is 0.0309. The summed E-state index contributed by atoms with van der Waals surface area (Å²) in [6, 6.07) is 10.3. The molecule has 0 radical (unpaired) electrons. The molecular formula is C15H13ClFNO4S. The molecule has 122 valence electrons. The van der Waals surface area contributed by atoms with Crippen LogP contribution in [0.25, 0.3) is 0 Å². The second-order valence-electron chi connectivity index (χ2n) is 4.65. The van der Waals surface area contributed by atoms with Crippen LogP contribution in [0.2, 0.25) is 5.02 Å². The number of hydrogen-bond acceptors (Lipinski definition) is 3. The lowest BCUT2D eigenvalue weighted by Gasteiger charge is -2.24. The SMILES string of the molecule is O=C(O)CCN(c1ccc(F)cc1)S(=O)(=O)c1ccc(Cl)cc1. The molecule has 0 aliphatic heterocycles. The Bertz CT molecular complexity index is 791. The standard InChI is InChI=1S/C15H13ClFNO4S/c16-11-1-7-14(8-2-11)23(21,22)18(10-9-15(19)20)13-5-3-12(17)4-6-13/h1-8H,9-10H2,(H,19,20). The van der Waals surface area contributed by atoms with Crippen molar-refractivity contribution in [3.8, 4) is 0 Å². The smallest absolute Gasteiger partial charge is 0.305 e. The van der Waals surface area contributed by atoms with Crippen molar-refractivity contribution in [2.75, 3.05) is 10.8 Å². The summed E-state index contributed by atoms with van der Waals surface area (Å²) in [5, 5.41) is 9.20. The van der Waals surface area contributed by atoms with Crippen LogP contribution in [0.3, 0.4) is 0 Å². The third kappa shape index (κ3) is 4.20. The molecular weight excluding hydrogens is 345 g/mol. The number of carboxylic acid groups (broad SMARTS) is 1. The maximum atomic E-state index is 13.1. The lowest BCUT2D eigenvalue weighted by molar-refractivity contribution is -0.136. The van der Waals surface area contributed by atoms with E-state index in [0.29, 0.717) is 5.02 Å². The van der Waals surface area contributed by atoms with Gasteiger partial charge < -0.3 is 5.11 Å². The number of hydrogen-bond donors (Lipinski definition) is 1. The van der Waals surface area contributed by atoms with Crippen LogP contribution < -0.4 is 4.31 Å². The molecule has 1 N–H and O–H groups in total. The minimum atomic E-state index is -3.99. The molecule has 0 aliphatic carbocycles. The molecule has 0 aliphatic rings. The monoisotopic (exact) mass is 357 g/mol. The van der Waals surface area contributed by atoms with Gasteiger partial charge in [-0.2, -0.15) is 0 Å². The van der Waals surface area contributed by atoms with E-state index in [1.54, 1.807) is 0 Å². The van der Waals surface area contributed by atoms with Gasteiger partial charge in [-0.05, 0) is 48.5 Å².